The van der Waals surface area contributed by atoms with E-state index in [9.17, 15) is 19.6 Å². The predicted molar refractivity (Wildman–Crippen MR) is 341 cm³/mol. The maximum Gasteiger partial charge on any atom is 0.243 e. The third-order valence-electron chi connectivity index (χ3n) is 17.5. The summed E-state index contributed by atoms with van der Waals surface area (Å²) >= 11 is 0. The maximum atomic E-state index is 15.7. The number of piperidine rings is 1. The van der Waals surface area contributed by atoms with Crippen LogP contribution in [0.15, 0.2) is 182 Å². The van der Waals surface area contributed by atoms with Gasteiger partial charge in [0.25, 0.3) is 0 Å². The summed E-state index contributed by atoms with van der Waals surface area (Å²) in [5, 5.41) is 15.9. The number of nitrogens with one attached hydrogen (secondary N) is 1. The molecule has 0 saturated carbocycles. The monoisotopic (exact) mass is 1200 g/mol. The normalized spacial score (nSPS) is 15.9. The van der Waals surface area contributed by atoms with Gasteiger partial charge in [0, 0.05) is 17.1 Å². The highest BCUT2D eigenvalue weighted by atomic mass is 16.5. The molecule has 7 amide bonds. The lowest BCUT2D eigenvalue weighted by molar-refractivity contribution is -0.246. The van der Waals surface area contributed by atoms with E-state index in [0.29, 0.717) is 24.0 Å². The molecule has 0 spiro atoms. The van der Waals surface area contributed by atoms with E-state index in [-0.39, 0.29) is 18.5 Å². The quantitative estimate of drug-likeness (QED) is 0.0446. The van der Waals surface area contributed by atoms with E-state index >= 15 is 19.2 Å². The zero-order valence-corrected chi connectivity index (χ0v) is 52.7. The Morgan fingerprint density at radius 1 is 0.386 bits per heavy atom. The van der Waals surface area contributed by atoms with Crippen molar-refractivity contribution >= 4 is 41.4 Å². The van der Waals surface area contributed by atoms with Crippen molar-refractivity contribution in [2.24, 2.45) is 5.73 Å². The SMILES string of the molecule is CC(c1ccccc1)N(CC(=O)N(CC(N)=O)[C@@H](C)c1ccccc1)C(=O)CN(C(=O)CN(C(=O)CN(C(=O)CN(C(=O)CNC1CC(C)(C)N(O)C(C)(C)C1)[C@@H](C)c1ccccc1)[C@@H](C)c1ccccc1)[C@@H](C)c1ccccc1)[C@@H](C)c1ccccc1. The molecule has 0 bridgehead atoms. The van der Waals surface area contributed by atoms with Crippen LogP contribution in [0.1, 0.15) is 152 Å². The van der Waals surface area contributed by atoms with Gasteiger partial charge in [-0.15, -0.1) is 0 Å². The zero-order chi connectivity index (χ0) is 63.9. The molecule has 17 heteroatoms. The molecule has 88 heavy (non-hydrogen) atoms. The Morgan fingerprint density at radius 3 is 0.784 bits per heavy atom. The van der Waals surface area contributed by atoms with Gasteiger partial charge in [0.1, 0.15) is 32.7 Å². The van der Waals surface area contributed by atoms with Crippen molar-refractivity contribution in [1.29, 1.82) is 0 Å². The van der Waals surface area contributed by atoms with Crippen molar-refractivity contribution in [2.75, 3.05) is 45.8 Å². The number of benzene rings is 6. The van der Waals surface area contributed by atoms with Gasteiger partial charge >= 0.3 is 0 Å². The molecule has 0 radical (unpaired) electrons. The summed E-state index contributed by atoms with van der Waals surface area (Å²) < 4.78 is 0. The molecule has 1 saturated heterocycles. The Bertz CT molecular complexity index is 3250. The molecule has 7 rings (SSSR count). The molecule has 17 nitrogen and oxygen atoms in total. The Kier molecular flexibility index (Phi) is 23.2. The van der Waals surface area contributed by atoms with E-state index < -0.39 is 122 Å². The van der Waals surface area contributed by atoms with Crippen molar-refractivity contribution in [1.82, 2.24) is 39.8 Å². The highest BCUT2D eigenvalue weighted by Gasteiger charge is 2.45. The number of nitrogens with zero attached hydrogens (tertiary/aromatic N) is 7. The van der Waals surface area contributed by atoms with Crippen LogP contribution in [0, 0.1) is 0 Å². The van der Waals surface area contributed by atoms with Crippen LogP contribution in [0.3, 0.4) is 0 Å². The molecule has 466 valence electrons. The standard InChI is InChI=1S/C71H89N9O8/c1-50(56-29-17-11-18-30-56)74(44-63(72)81)65(83)46-76(52(3)58-33-21-13-22-34-58)67(85)48-78(54(5)60-37-25-15-26-38-60)69(87)49-79(55(6)61-39-27-16-28-40-61)68(86)47-77(53(4)59-35-23-14-24-36-59)66(84)45-75(51(2)57-31-19-12-20-32-57)64(82)43-73-62-41-70(7,8)80(88)71(9,10)42-62/h11-40,50-55,62,73,88H,41-49H2,1-10H3,(H2,72,81)/t50-,51-,52?,53-,54-,55-/m0/s1. The molecule has 1 heterocycles. The maximum absolute atomic E-state index is 15.7. The highest BCUT2D eigenvalue weighted by molar-refractivity contribution is 5.93. The molecule has 0 aliphatic carbocycles. The highest BCUT2D eigenvalue weighted by Crippen LogP contribution is 2.37. The van der Waals surface area contributed by atoms with Crippen LogP contribution in [0.5, 0.6) is 0 Å². The average molecular weight is 1200 g/mol. The average Bonchev–Trinajstić information content (AvgIpc) is 1.82. The minimum atomic E-state index is -0.740. The summed E-state index contributed by atoms with van der Waals surface area (Å²) in [5.41, 5.74) is 9.04. The first-order chi connectivity index (χ1) is 41.9. The lowest BCUT2D eigenvalue weighted by Crippen LogP contribution is -2.63. The minimum absolute atomic E-state index is 0.0921. The van der Waals surface area contributed by atoms with Gasteiger partial charge in [-0.25, -0.2) is 0 Å². The third kappa shape index (κ3) is 17.2. The van der Waals surface area contributed by atoms with Crippen LogP contribution in [0.2, 0.25) is 0 Å². The van der Waals surface area contributed by atoms with Crippen LogP contribution in [0.25, 0.3) is 0 Å². The van der Waals surface area contributed by atoms with Crippen molar-refractivity contribution in [3.05, 3.63) is 215 Å². The van der Waals surface area contributed by atoms with Crippen molar-refractivity contribution < 1.29 is 38.8 Å². The second kappa shape index (κ2) is 30.4. The van der Waals surface area contributed by atoms with Gasteiger partial charge in [0.15, 0.2) is 0 Å². The Morgan fingerprint density at radius 2 is 0.580 bits per heavy atom. The number of primary amides is 1. The van der Waals surface area contributed by atoms with Crippen LogP contribution in [0.4, 0.5) is 0 Å². The molecular weight excluding hydrogens is 1110 g/mol. The van der Waals surface area contributed by atoms with E-state index in [1.807, 2.05) is 230 Å². The molecule has 1 fully saturated rings. The molecule has 4 N–H and O–H groups in total. The van der Waals surface area contributed by atoms with Crippen LogP contribution >= 0.6 is 0 Å². The predicted octanol–water partition coefficient (Wildman–Crippen LogP) is 10.0. The minimum Gasteiger partial charge on any atom is -0.368 e. The molecule has 1 unspecified atom stereocenters. The van der Waals surface area contributed by atoms with Gasteiger partial charge in [-0.2, -0.15) is 5.06 Å². The molecule has 6 aromatic rings. The number of hydrogen-bond acceptors (Lipinski definition) is 10. The molecule has 1 aliphatic rings. The van der Waals surface area contributed by atoms with Crippen LogP contribution < -0.4 is 11.1 Å². The first kappa shape index (κ1) is 67.0. The number of rotatable bonds is 27. The number of nitrogens with two attached hydrogens (primary N) is 1. The number of hydroxylamine groups is 2. The van der Waals surface area contributed by atoms with Crippen molar-refractivity contribution in [3.63, 3.8) is 0 Å². The number of hydrogen-bond donors (Lipinski definition) is 3. The van der Waals surface area contributed by atoms with Gasteiger partial charge in [-0.3, -0.25) is 33.6 Å². The van der Waals surface area contributed by atoms with Gasteiger partial charge in [-0.05, 0) is 115 Å². The summed E-state index contributed by atoms with van der Waals surface area (Å²) in [6.07, 6.45) is 1.13. The van der Waals surface area contributed by atoms with Gasteiger partial charge in [0.05, 0.1) is 49.3 Å². The summed E-state index contributed by atoms with van der Waals surface area (Å²) in [5.74, 6) is -3.83. The Hall–Kier alpha value is -8.51. The fraction of sp³-hybridized carbons (Fsp3) is 0.394. The summed E-state index contributed by atoms with van der Waals surface area (Å²) in [7, 11) is 0. The van der Waals surface area contributed by atoms with E-state index in [1.54, 1.807) is 25.7 Å². The van der Waals surface area contributed by atoms with E-state index in [0.717, 1.165) is 22.3 Å². The second-order valence-corrected chi connectivity index (χ2v) is 24.5. The molecular formula is C71H89N9O8. The number of carbonyl (C=O) groups is 7. The Balaban J connectivity index is 1.23. The summed E-state index contributed by atoms with van der Waals surface area (Å²) in [4.78, 5) is 113. The fourth-order valence-corrected chi connectivity index (χ4v) is 12.2. The summed E-state index contributed by atoms with van der Waals surface area (Å²) in [6.45, 7) is 15.9. The Labute approximate surface area is 520 Å². The first-order valence-corrected chi connectivity index (χ1v) is 30.5. The van der Waals surface area contributed by atoms with Gasteiger partial charge in [0.2, 0.25) is 41.4 Å². The third-order valence-corrected chi connectivity index (χ3v) is 17.5. The number of carbonyl (C=O) groups excluding carboxylic acids is 7. The van der Waals surface area contributed by atoms with E-state index in [2.05, 4.69) is 5.32 Å². The van der Waals surface area contributed by atoms with Gasteiger partial charge < -0.3 is 45.7 Å². The second-order valence-electron chi connectivity index (χ2n) is 24.5. The van der Waals surface area contributed by atoms with E-state index in [4.69, 9.17) is 5.73 Å². The lowest BCUT2D eigenvalue weighted by atomic mass is 9.79. The van der Waals surface area contributed by atoms with Crippen molar-refractivity contribution in [3.8, 4) is 0 Å². The smallest absolute Gasteiger partial charge is 0.243 e. The molecule has 0 aromatic heterocycles. The molecule has 6 atom stereocenters. The topological polar surface area (TPSA) is 200 Å². The molecule has 6 aromatic carbocycles. The molecule has 1 aliphatic heterocycles. The fourth-order valence-electron chi connectivity index (χ4n) is 12.2. The van der Waals surface area contributed by atoms with Gasteiger partial charge in [-0.1, -0.05) is 182 Å². The summed E-state index contributed by atoms with van der Waals surface area (Å²) in [6, 6.07) is 51.5. The van der Waals surface area contributed by atoms with Crippen LogP contribution in [-0.4, -0.2) is 144 Å². The van der Waals surface area contributed by atoms with Crippen LogP contribution in [-0.2, 0) is 33.6 Å². The van der Waals surface area contributed by atoms with E-state index in [1.165, 1.54) is 29.6 Å². The number of amides is 7. The largest absolute Gasteiger partial charge is 0.368 e. The zero-order valence-electron chi connectivity index (χ0n) is 52.7. The lowest BCUT2D eigenvalue weighted by Gasteiger charge is -2.51. The first-order valence-electron chi connectivity index (χ1n) is 30.5. The van der Waals surface area contributed by atoms with Crippen molar-refractivity contribution in [2.45, 2.75) is 135 Å².